The lowest BCUT2D eigenvalue weighted by molar-refractivity contribution is -0.134. The number of benzene rings is 3. The molecule has 1 N–H and O–H groups in total. The Labute approximate surface area is 169 Å². The van der Waals surface area contributed by atoms with Crippen molar-refractivity contribution in [2.45, 2.75) is 19.1 Å². The molecule has 0 bridgehead atoms. The van der Waals surface area contributed by atoms with Crippen LogP contribution < -0.4 is 15.0 Å². The first-order valence-electron chi connectivity index (χ1n) is 9.23. The van der Waals surface area contributed by atoms with E-state index >= 15 is 0 Å². The maximum absolute atomic E-state index is 13.0. The van der Waals surface area contributed by atoms with Gasteiger partial charge in [-0.05, 0) is 55.0 Å². The number of β-lactam (4-membered cyclic amide) rings is 1. The van der Waals surface area contributed by atoms with E-state index in [9.17, 15) is 4.79 Å². The van der Waals surface area contributed by atoms with E-state index in [2.05, 4.69) is 5.32 Å². The molecular formula is C23H21ClN2O2. The van der Waals surface area contributed by atoms with Gasteiger partial charge in [-0.25, -0.2) is 0 Å². The Bertz CT molecular complexity index is 960. The maximum Gasteiger partial charge on any atom is 0.270 e. The fourth-order valence-corrected chi connectivity index (χ4v) is 3.54. The minimum absolute atomic E-state index is 0.0379. The monoisotopic (exact) mass is 392 g/mol. The van der Waals surface area contributed by atoms with Crippen molar-refractivity contribution < 1.29 is 9.53 Å². The van der Waals surface area contributed by atoms with Crippen LogP contribution in [0.1, 0.15) is 5.56 Å². The van der Waals surface area contributed by atoms with Crippen molar-refractivity contribution in [3.05, 3.63) is 89.4 Å². The van der Waals surface area contributed by atoms with E-state index in [0.717, 1.165) is 16.9 Å². The van der Waals surface area contributed by atoms with Crippen LogP contribution in [0.5, 0.6) is 5.75 Å². The third-order valence-electron chi connectivity index (χ3n) is 4.90. The molecule has 142 valence electrons. The van der Waals surface area contributed by atoms with Gasteiger partial charge in [-0.3, -0.25) is 9.69 Å². The van der Waals surface area contributed by atoms with E-state index in [1.807, 2.05) is 66.4 Å². The van der Waals surface area contributed by atoms with Crippen LogP contribution in [0.4, 0.5) is 11.4 Å². The third-order valence-corrected chi connectivity index (χ3v) is 5.15. The van der Waals surface area contributed by atoms with Crippen LogP contribution in [0.2, 0.25) is 5.02 Å². The molecule has 3 aromatic carbocycles. The van der Waals surface area contributed by atoms with E-state index in [-0.39, 0.29) is 11.9 Å². The first kappa shape index (κ1) is 18.4. The number of para-hydroxylation sites is 2. The van der Waals surface area contributed by atoms with Crippen molar-refractivity contribution in [3.63, 3.8) is 0 Å². The molecule has 1 fully saturated rings. The van der Waals surface area contributed by atoms with Crippen molar-refractivity contribution in [1.29, 1.82) is 0 Å². The molecule has 5 heteroatoms. The van der Waals surface area contributed by atoms with Crippen LogP contribution in [0.3, 0.4) is 0 Å². The summed E-state index contributed by atoms with van der Waals surface area (Å²) < 4.78 is 6.02. The lowest BCUT2D eigenvalue weighted by Crippen LogP contribution is -2.69. The zero-order valence-electron chi connectivity index (χ0n) is 15.5. The Hall–Kier alpha value is -2.98. The largest absolute Gasteiger partial charge is 0.478 e. The highest BCUT2D eigenvalue weighted by atomic mass is 35.5. The summed E-state index contributed by atoms with van der Waals surface area (Å²) in [7, 11) is 0. The number of amides is 1. The Balaban J connectivity index is 1.56. The van der Waals surface area contributed by atoms with E-state index < -0.39 is 6.10 Å². The number of hydrogen-bond donors (Lipinski definition) is 1. The van der Waals surface area contributed by atoms with E-state index in [1.165, 1.54) is 0 Å². The second-order valence-corrected chi connectivity index (χ2v) is 7.24. The highest BCUT2D eigenvalue weighted by Gasteiger charge is 2.50. The second kappa shape index (κ2) is 7.95. The van der Waals surface area contributed by atoms with Gasteiger partial charge in [-0.15, -0.1) is 0 Å². The first-order valence-corrected chi connectivity index (χ1v) is 9.61. The predicted molar refractivity (Wildman–Crippen MR) is 113 cm³/mol. The van der Waals surface area contributed by atoms with Crippen LogP contribution in [-0.2, 0) is 4.79 Å². The molecular weight excluding hydrogens is 372 g/mol. The van der Waals surface area contributed by atoms with Crippen molar-refractivity contribution in [2.75, 3.05) is 16.8 Å². The predicted octanol–water partition coefficient (Wildman–Crippen LogP) is 4.92. The minimum Gasteiger partial charge on any atom is -0.478 e. The number of aryl methyl sites for hydroxylation is 1. The lowest BCUT2D eigenvalue weighted by Gasteiger charge is -2.47. The zero-order chi connectivity index (χ0) is 19.5. The van der Waals surface area contributed by atoms with Crippen molar-refractivity contribution >= 4 is 28.9 Å². The summed E-state index contributed by atoms with van der Waals surface area (Å²) in [6.07, 6.45) is -0.544. The zero-order valence-corrected chi connectivity index (χ0v) is 16.3. The first-order chi connectivity index (χ1) is 13.6. The molecule has 0 saturated carbocycles. The summed E-state index contributed by atoms with van der Waals surface area (Å²) >= 11 is 5.95. The Morgan fingerprint density at radius 3 is 2.36 bits per heavy atom. The van der Waals surface area contributed by atoms with Crippen molar-refractivity contribution in [3.8, 4) is 5.75 Å². The van der Waals surface area contributed by atoms with Gasteiger partial charge in [-0.2, -0.15) is 0 Å². The van der Waals surface area contributed by atoms with Crippen LogP contribution in [-0.4, -0.2) is 24.6 Å². The molecule has 3 aromatic rings. The number of nitrogens with one attached hydrogen (secondary N) is 1. The smallest absolute Gasteiger partial charge is 0.270 e. The van der Waals surface area contributed by atoms with Gasteiger partial charge in [0.25, 0.3) is 5.91 Å². The quantitative estimate of drug-likeness (QED) is 0.605. The topological polar surface area (TPSA) is 41.6 Å². The van der Waals surface area contributed by atoms with E-state index in [1.54, 1.807) is 24.3 Å². The van der Waals surface area contributed by atoms with Crippen LogP contribution in [0.25, 0.3) is 0 Å². The summed E-state index contributed by atoms with van der Waals surface area (Å²) in [6.45, 7) is 2.60. The second-order valence-electron chi connectivity index (χ2n) is 6.80. The summed E-state index contributed by atoms with van der Waals surface area (Å²) in [4.78, 5) is 14.8. The molecule has 1 heterocycles. The number of nitrogens with zero attached hydrogens (tertiary/aromatic N) is 1. The van der Waals surface area contributed by atoms with Crippen molar-refractivity contribution in [1.82, 2.24) is 0 Å². The number of anilines is 2. The molecule has 1 aliphatic heterocycles. The van der Waals surface area contributed by atoms with Gasteiger partial charge in [0.1, 0.15) is 11.8 Å². The lowest BCUT2D eigenvalue weighted by atomic mass is 9.95. The summed E-state index contributed by atoms with van der Waals surface area (Å²) in [5.41, 5.74) is 2.99. The SMILES string of the molecule is Cc1ccccc1N1C(=O)C(Oc2ccc(Cl)cc2)C1CNc1ccccc1. The van der Waals surface area contributed by atoms with Gasteiger partial charge in [0.05, 0.1) is 0 Å². The van der Waals surface area contributed by atoms with E-state index in [4.69, 9.17) is 16.3 Å². The van der Waals surface area contributed by atoms with Crippen LogP contribution >= 0.6 is 11.6 Å². The molecule has 1 amide bonds. The van der Waals surface area contributed by atoms with Crippen LogP contribution in [0, 0.1) is 6.92 Å². The fourth-order valence-electron chi connectivity index (χ4n) is 3.41. The van der Waals surface area contributed by atoms with Gasteiger partial charge in [-0.1, -0.05) is 48.0 Å². The molecule has 0 aromatic heterocycles. The van der Waals surface area contributed by atoms with Gasteiger partial charge in [0.2, 0.25) is 0 Å². The molecule has 4 rings (SSSR count). The highest BCUT2D eigenvalue weighted by Crippen LogP contribution is 2.33. The molecule has 2 unspecified atom stereocenters. The average Bonchev–Trinajstić information content (AvgIpc) is 2.72. The standard InChI is InChI=1S/C23H21ClN2O2/c1-16-7-5-6-10-20(16)26-21(15-25-18-8-3-2-4-9-18)22(23(26)27)28-19-13-11-17(24)12-14-19/h2-14,21-22,25H,15H2,1H3. The Morgan fingerprint density at radius 1 is 0.964 bits per heavy atom. The van der Waals surface area contributed by atoms with Gasteiger partial charge < -0.3 is 10.1 Å². The van der Waals surface area contributed by atoms with E-state index in [0.29, 0.717) is 17.3 Å². The highest BCUT2D eigenvalue weighted by molar-refractivity contribution is 6.30. The number of halogens is 1. The number of hydrogen-bond acceptors (Lipinski definition) is 3. The molecule has 1 saturated heterocycles. The van der Waals surface area contributed by atoms with Gasteiger partial charge in [0, 0.05) is 22.9 Å². The summed E-state index contributed by atoms with van der Waals surface area (Å²) in [5, 5.41) is 4.05. The Kier molecular flexibility index (Phi) is 5.22. The fraction of sp³-hybridized carbons (Fsp3) is 0.174. The van der Waals surface area contributed by atoms with Crippen molar-refractivity contribution in [2.24, 2.45) is 0 Å². The molecule has 28 heavy (non-hydrogen) atoms. The number of rotatable bonds is 6. The summed E-state index contributed by atoms with van der Waals surface area (Å²) in [6, 6.07) is 24.8. The molecule has 2 atom stereocenters. The molecule has 1 aliphatic rings. The Morgan fingerprint density at radius 2 is 1.64 bits per heavy atom. The number of ether oxygens (including phenoxy) is 1. The molecule has 0 spiro atoms. The minimum atomic E-state index is -0.544. The van der Waals surface area contributed by atoms with Gasteiger partial charge >= 0.3 is 0 Å². The summed E-state index contributed by atoms with van der Waals surface area (Å²) in [5.74, 6) is 0.598. The average molecular weight is 393 g/mol. The molecule has 0 aliphatic carbocycles. The maximum atomic E-state index is 13.0. The number of carbonyl (C=O) groups is 1. The molecule has 4 nitrogen and oxygen atoms in total. The normalized spacial score (nSPS) is 18.5. The number of carbonyl (C=O) groups excluding carboxylic acids is 1. The third kappa shape index (κ3) is 3.69. The van der Waals surface area contributed by atoms with Gasteiger partial charge in [0.15, 0.2) is 6.10 Å². The van der Waals surface area contributed by atoms with Crippen LogP contribution in [0.15, 0.2) is 78.9 Å². The molecule has 0 radical (unpaired) electrons.